The molecule has 0 spiro atoms. The van der Waals surface area contributed by atoms with Gasteiger partial charge in [-0.3, -0.25) is 14.5 Å². The zero-order chi connectivity index (χ0) is 17.8. The minimum Gasteiger partial charge on any atom is -0.466 e. The molecule has 0 unspecified atom stereocenters. The molecular formula is C18H24ClN3O3S. The molecule has 0 aromatic carbocycles. The van der Waals surface area contributed by atoms with E-state index in [4.69, 9.17) is 4.42 Å². The molecule has 0 atom stereocenters. The molecule has 1 aliphatic heterocycles. The highest BCUT2D eigenvalue weighted by Crippen LogP contribution is 2.17. The number of hydrogen-bond donors (Lipinski definition) is 1. The highest BCUT2D eigenvalue weighted by Gasteiger charge is 2.24. The molecular weight excluding hydrogens is 374 g/mol. The van der Waals surface area contributed by atoms with Crippen molar-refractivity contribution in [3.63, 3.8) is 0 Å². The van der Waals surface area contributed by atoms with Crippen molar-refractivity contribution in [2.75, 3.05) is 39.3 Å². The number of halogens is 1. The SMILES string of the molecule is Cc1cc(C(=O)N2CCN(CCNC(=O)c3ccsc3)CC2)c(C)o1.Cl. The summed E-state index contributed by atoms with van der Waals surface area (Å²) < 4.78 is 5.46. The summed E-state index contributed by atoms with van der Waals surface area (Å²) in [5.74, 6) is 1.46. The third-order valence-electron chi connectivity index (χ3n) is 4.43. The number of rotatable bonds is 5. The minimum atomic E-state index is -0.0270. The molecule has 0 radical (unpaired) electrons. The van der Waals surface area contributed by atoms with Crippen LogP contribution in [0.4, 0.5) is 0 Å². The lowest BCUT2D eigenvalue weighted by molar-refractivity contribution is 0.0636. The van der Waals surface area contributed by atoms with Gasteiger partial charge < -0.3 is 14.6 Å². The molecule has 1 saturated heterocycles. The van der Waals surface area contributed by atoms with Gasteiger partial charge in [0.2, 0.25) is 0 Å². The topological polar surface area (TPSA) is 65.8 Å². The van der Waals surface area contributed by atoms with Gasteiger partial charge in [-0.25, -0.2) is 0 Å². The molecule has 3 heterocycles. The standard InChI is InChI=1S/C18H23N3O3S.ClH/c1-13-11-16(14(2)24-13)18(23)21-8-6-20(7-9-21)5-4-19-17(22)15-3-10-25-12-15;/h3,10-12H,4-9H2,1-2H3,(H,19,22);1H. The molecule has 6 nitrogen and oxygen atoms in total. The van der Waals surface area contributed by atoms with Crippen LogP contribution in [-0.2, 0) is 0 Å². The second-order valence-electron chi connectivity index (χ2n) is 6.23. The lowest BCUT2D eigenvalue weighted by Gasteiger charge is -2.34. The maximum Gasteiger partial charge on any atom is 0.257 e. The van der Waals surface area contributed by atoms with Crippen LogP contribution in [0, 0.1) is 13.8 Å². The van der Waals surface area contributed by atoms with Crippen molar-refractivity contribution in [1.82, 2.24) is 15.1 Å². The Hall–Kier alpha value is -1.83. The van der Waals surface area contributed by atoms with Gasteiger partial charge in [0.25, 0.3) is 11.8 Å². The maximum absolute atomic E-state index is 12.6. The van der Waals surface area contributed by atoms with E-state index in [1.807, 2.05) is 41.6 Å². The number of furan rings is 1. The fourth-order valence-electron chi connectivity index (χ4n) is 3.01. The zero-order valence-corrected chi connectivity index (χ0v) is 16.6. The molecule has 142 valence electrons. The summed E-state index contributed by atoms with van der Waals surface area (Å²) in [6.45, 7) is 8.11. The summed E-state index contributed by atoms with van der Waals surface area (Å²) >= 11 is 1.52. The molecule has 2 aromatic rings. The number of aryl methyl sites for hydroxylation is 2. The number of carbonyl (C=O) groups is 2. The van der Waals surface area contributed by atoms with Crippen LogP contribution in [0.25, 0.3) is 0 Å². The van der Waals surface area contributed by atoms with Gasteiger partial charge in [0.1, 0.15) is 11.5 Å². The van der Waals surface area contributed by atoms with Crippen molar-refractivity contribution < 1.29 is 14.0 Å². The third-order valence-corrected chi connectivity index (χ3v) is 5.11. The summed E-state index contributed by atoms with van der Waals surface area (Å²) in [4.78, 5) is 28.6. The molecule has 2 aromatic heterocycles. The average Bonchev–Trinajstić information content (AvgIpc) is 3.24. The summed E-state index contributed by atoms with van der Waals surface area (Å²) in [5.41, 5.74) is 1.38. The van der Waals surface area contributed by atoms with Crippen LogP contribution < -0.4 is 5.32 Å². The largest absolute Gasteiger partial charge is 0.466 e. The number of nitrogens with zero attached hydrogens (tertiary/aromatic N) is 2. The van der Waals surface area contributed by atoms with E-state index >= 15 is 0 Å². The first-order valence-electron chi connectivity index (χ1n) is 8.43. The Bertz CT molecular complexity index is 737. The molecule has 1 N–H and O–H groups in total. The van der Waals surface area contributed by atoms with E-state index in [9.17, 15) is 9.59 Å². The molecule has 2 amide bonds. The van der Waals surface area contributed by atoms with Gasteiger partial charge >= 0.3 is 0 Å². The number of nitrogens with one attached hydrogen (secondary N) is 1. The Morgan fingerprint density at radius 3 is 2.54 bits per heavy atom. The highest BCUT2D eigenvalue weighted by molar-refractivity contribution is 7.08. The predicted octanol–water partition coefficient (Wildman–Crippen LogP) is 2.57. The summed E-state index contributed by atoms with van der Waals surface area (Å²) in [6.07, 6.45) is 0. The number of carbonyl (C=O) groups excluding carboxylic acids is 2. The molecule has 1 aliphatic rings. The second-order valence-corrected chi connectivity index (χ2v) is 7.01. The Labute approximate surface area is 163 Å². The van der Waals surface area contributed by atoms with Crippen molar-refractivity contribution in [2.45, 2.75) is 13.8 Å². The van der Waals surface area contributed by atoms with E-state index in [0.717, 1.165) is 25.4 Å². The molecule has 3 rings (SSSR count). The predicted molar refractivity (Wildman–Crippen MR) is 104 cm³/mol. The third kappa shape index (κ3) is 4.87. The number of piperazine rings is 1. The van der Waals surface area contributed by atoms with Crippen molar-refractivity contribution in [3.05, 3.63) is 45.5 Å². The van der Waals surface area contributed by atoms with Gasteiger partial charge in [-0.2, -0.15) is 11.3 Å². The van der Waals surface area contributed by atoms with Crippen LogP contribution in [0.2, 0.25) is 0 Å². The van der Waals surface area contributed by atoms with Crippen LogP contribution in [-0.4, -0.2) is 60.9 Å². The Morgan fingerprint density at radius 2 is 1.96 bits per heavy atom. The van der Waals surface area contributed by atoms with Crippen molar-refractivity contribution in [2.24, 2.45) is 0 Å². The molecule has 26 heavy (non-hydrogen) atoms. The lowest BCUT2D eigenvalue weighted by atomic mass is 10.2. The fourth-order valence-corrected chi connectivity index (χ4v) is 3.65. The van der Waals surface area contributed by atoms with Gasteiger partial charge in [0.05, 0.1) is 5.56 Å². The van der Waals surface area contributed by atoms with Gasteiger partial charge in [0, 0.05) is 50.2 Å². The first kappa shape index (κ1) is 20.5. The van der Waals surface area contributed by atoms with Crippen LogP contribution >= 0.6 is 23.7 Å². The van der Waals surface area contributed by atoms with E-state index in [-0.39, 0.29) is 24.2 Å². The smallest absolute Gasteiger partial charge is 0.257 e. The van der Waals surface area contributed by atoms with Gasteiger partial charge in [-0.15, -0.1) is 12.4 Å². The van der Waals surface area contributed by atoms with Gasteiger partial charge in [-0.1, -0.05) is 0 Å². The van der Waals surface area contributed by atoms with Crippen molar-refractivity contribution >= 4 is 35.6 Å². The highest BCUT2D eigenvalue weighted by atomic mass is 35.5. The summed E-state index contributed by atoms with van der Waals surface area (Å²) in [5, 5.41) is 6.68. The van der Waals surface area contributed by atoms with E-state index in [0.29, 0.717) is 36.5 Å². The van der Waals surface area contributed by atoms with Crippen LogP contribution in [0.15, 0.2) is 27.3 Å². The van der Waals surface area contributed by atoms with E-state index in [1.165, 1.54) is 11.3 Å². The second kappa shape index (κ2) is 9.21. The zero-order valence-electron chi connectivity index (χ0n) is 15.0. The molecule has 8 heteroatoms. The Morgan fingerprint density at radius 1 is 1.23 bits per heavy atom. The quantitative estimate of drug-likeness (QED) is 0.842. The molecule has 1 fully saturated rings. The first-order valence-corrected chi connectivity index (χ1v) is 9.38. The minimum absolute atomic E-state index is 0. The molecule has 0 saturated carbocycles. The van der Waals surface area contributed by atoms with Crippen molar-refractivity contribution in [3.8, 4) is 0 Å². The first-order chi connectivity index (χ1) is 12.0. The van der Waals surface area contributed by atoms with E-state index in [1.54, 1.807) is 0 Å². The number of hydrogen-bond acceptors (Lipinski definition) is 5. The van der Waals surface area contributed by atoms with E-state index in [2.05, 4.69) is 10.2 Å². The van der Waals surface area contributed by atoms with Gasteiger partial charge in [0.15, 0.2) is 0 Å². The van der Waals surface area contributed by atoms with Crippen LogP contribution in [0.5, 0.6) is 0 Å². The Kier molecular flexibility index (Phi) is 7.25. The van der Waals surface area contributed by atoms with Crippen LogP contribution in [0.1, 0.15) is 32.2 Å². The summed E-state index contributed by atoms with van der Waals surface area (Å²) in [7, 11) is 0. The van der Waals surface area contributed by atoms with Crippen LogP contribution in [0.3, 0.4) is 0 Å². The monoisotopic (exact) mass is 397 g/mol. The maximum atomic E-state index is 12.6. The fraction of sp³-hybridized carbons (Fsp3) is 0.444. The average molecular weight is 398 g/mol. The number of amides is 2. The normalized spacial score (nSPS) is 14.8. The Balaban J connectivity index is 0.00000243. The lowest BCUT2D eigenvalue weighted by Crippen LogP contribution is -2.50. The molecule has 0 aliphatic carbocycles. The van der Waals surface area contributed by atoms with Gasteiger partial charge in [-0.05, 0) is 31.4 Å². The van der Waals surface area contributed by atoms with Crippen molar-refractivity contribution in [1.29, 1.82) is 0 Å². The molecule has 0 bridgehead atoms. The van der Waals surface area contributed by atoms with E-state index < -0.39 is 0 Å². The number of thiophene rings is 1. The summed E-state index contributed by atoms with van der Waals surface area (Å²) in [6, 6.07) is 3.63.